The van der Waals surface area contributed by atoms with Gasteiger partial charge in [0.05, 0.1) is 11.8 Å². The second-order valence-corrected chi connectivity index (χ2v) is 6.40. The highest BCUT2D eigenvalue weighted by atomic mass is 16.6. The summed E-state index contributed by atoms with van der Waals surface area (Å²) in [6.07, 6.45) is 7.57. The lowest BCUT2D eigenvalue weighted by Gasteiger charge is -2.45. The maximum Gasteiger partial charge on any atom is 0.317 e. The molecule has 0 N–H and O–H groups in total. The van der Waals surface area contributed by atoms with Crippen LogP contribution in [0, 0.1) is 35.0 Å². The van der Waals surface area contributed by atoms with Gasteiger partial charge in [0, 0.05) is 0 Å². The summed E-state index contributed by atoms with van der Waals surface area (Å²) in [7, 11) is 0. The number of carbonyl (C=O) groups is 2. The maximum atomic E-state index is 11.7. The molecule has 0 aromatic heterocycles. The van der Waals surface area contributed by atoms with Crippen molar-refractivity contribution in [2.24, 2.45) is 35.0 Å². The van der Waals surface area contributed by atoms with Crippen LogP contribution in [0.3, 0.4) is 0 Å². The van der Waals surface area contributed by atoms with Gasteiger partial charge in [-0.05, 0) is 42.4 Å². The molecule has 6 atom stereocenters. The van der Waals surface area contributed by atoms with Gasteiger partial charge in [0.1, 0.15) is 0 Å². The second-order valence-electron chi connectivity index (χ2n) is 6.40. The monoisotopic (exact) mass is 232 g/mol. The molecule has 4 rings (SSSR count). The first-order valence-electron chi connectivity index (χ1n) is 6.53. The van der Waals surface area contributed by atoms with Gasteiger partial charge in [0.15, 0.2) is 0 Å². The smallest absolute Gasteiger partial charge is 0.317 e. The zero-order valence-electron chi connectivity index (χ0n) is 9.89. The fourth-order valence-corrected chi connectivity index (χ4v) is 4.84. The molecule has 0 aromatic carbocycles. The summed E-state index contributed by atoms with van der Waals surface area (Å²) in [5.41, 5.74) is 0.226. The molecule has 3 aliphatic carbocycles. The number of hydrogen-bond acceptors (Lipinski definition) is 3. The lowest BCUT2D eigenvalue weighted by molar-refractivity contribution is -0.153. The second kappa shape index (κ2) is 2.82. The van der Waals surface area contributed by atoms with E-state index in [9.17, 15) is 9.59 Å². The van der Waals surface area contributed by atoms with E-state index in [2.05, 4.69) is 19.1 Å². The Bertz CT molecular complexity index is 452. The molecule has 2 saturated carbocycles. The van der Waals surface area contributed by atoms with Crippen LogP contribution < -0.4 is 0 Å². The summed E-state index contributed by atoms with van der Waals surface area (Å²) in [5, 5.41) is 0. The van der Waals surface area contributed by atoms with E-state index in [-0.39, 0.29) is 29.2 Å². The molecule has 0 radical (unpaired) electrons. The summed E-state index contributed by atoms with van der Waals surface area (Å²) < 4.78 is 4.81. The lowest BCUT2D eigenvalue weighted by atomic mass is 9.57. The summed E-state index contributed by atoms with van der Waals surface area (Å²) in [5.74, 6) is 0.985. The van der Waals surface area contributed by atoms with Crippen molar-refractivity contribution in [1.82, 2.24) is 0 Å². The summed E-state index contributed by atoms with van der Waals surface area (Å²) >= 11 is 0. The SMILES string of the molecule is CC12CC3C(=O)OC(=O)C3CC1C1C=CC2C1. The summed E-state index contributed by atoms with van der Waals surface area (Å²) in [6.45, 7) is 2.30. The third-order valence-electron chi connectivity index (χ3n) is 5.79. The van der Waals surface area contributed by atoms with E-state index >= 15 is 0 Å². The number of rotatable bonds is 0. The largest absolute Gasteiger partial charge is 0.393 e. The van der Waals surface area contributed by atoms with Crippen LogP contribution in [0.15, 0.2) is 12.2 Å². The van der Waals surface area contributed by atoms with Crippen LogP contribution in [0.2, 0.25) is 0 Å². The Morgan fingerprint density at radius 3 is 2.76 bits per heavy atom. The Morgan fingerprint density at radius 2 is 1.94 bits per heavy atom. The number of esters is 2. The first-order chi connectivity index (χ1) is 8.09. The molecule has 1 saturated heterocycles. The molecular formula is C14H16O3. The molecule has 1 aliphatic heterocycles. The van der Waals surface area contributed by atoms with Gasteiger partial charge in [0.2, 0.25) is 0 Å². The van der Waals surface area contributed by atoms with Crippen LogP contribution in [0.1, 0.15) is 26.2 Å². The van der Waals surface area contributed by atoms with Crippen molar-refractivity contribution in [3.63, 3.8) is 0 Å². The minimum atomic E-state index is -0.272. The number of fused-ring (bicyclic) bond motifs is 6. The molecular weight excluding hydrogens is 216 g/mol. The number of carbonyl (C=O) groups excluding carboxylic acids is 2. The van der Waals surface area contributed by atoms with Crippen LogP contribution >= 0.6 is 0 Å². The molecule has 90 valence electrons. The highest BCUT2D eigenvalue weighted by Crippen LogP contribution is 2.64. The molecule has 6 unspecified atom stereocenters. The van der Waals surface area contributed by atoms with Gasteiger partial charge >= 0.3 is 11.9 Å². The van der Waals surface area contributed by atoms with E-state index < -0.39 is 0 Å². The van der Waals surface area contributed by atoms with Gasteiger partial charge in [-0.1, -0.05) is 19.1 Å². The van der Waals surface area contributed by atoms with Crippen LogP contribution in [0.4, 0.5) is 0 Å². The number of cyclic esters (lactones) is 2. The van der Waals surface area contributed by atoms with Crippen LogP contribution in [-0.4, -0.2) is 11.9 Å². The number of allylic oxidation sites excluding steroid dienone is 2. The average Bonchev–Trinajstić information content (AvgIpc) is 2.92. The molecule has 0 spiro atoms. The molecule has 17 heavy (non-hydrogen) atoms. The van der Waals surface area contributed by atoms with E-state index in [4.69, 9.17) is 4.74 Å². The van der Waals surface area contributed by atoms with Crippen molar-refractivity contribution < 1.29 is 14.3 Å². The first kappa shape index (κ1) is 9.86. The van der Waals surface area contributed by atoms with E-state index in [1.807, 2.05) is 0 Å². The first-order valence-corrected chi connectivity index (χ1v) is 6.53. The summed E-state index contributed by atoms with van der Waals surface area (Å²) in [4.78, 5) is 23.4. The Kier molecular flexibility index (Phi) is 1.64. The Labute approximate surface area is 100 Å². The molecule has 3 nitrogen and oxygen atoms in total. The third-order valence-corrected chi connectivity index (χ3v) is 5.79. The molecule has 2 bridgehead atoms. The molecule has 3 heteroatoms. The van der Waals surface area contributed by atoms with Gasteiger partial charge in [0.25, 0.3) is 0 Å². The van der Waals surface area contributed by atoms with Crippen molar-refractivity contribution in [2.75, 3.05) is 0 Å². The van der Waals surface area contributed by atoms with Gasteiger partial charge in [-0.3, -0.25) is 9.59 Å². The normalized spacial score (nSPS) is 54.8. The Morgan fingerprint density at radius 1 is 1.18 bits per heavy atom. The van der Waals surface area contributed by atoms with Gasteiger partial charge < -0.3 is 4.74 Å². The average molecular weight is 232 g/mol. The zero-order chi connectivity index (χ0) is 11.8. The van der Waals surface area contributed by atoms with Crippen molar-refractivity contribution in [2.45, 2.75) is 26.2 Å². The minimum absolute atomic E-state index is 0.145. The van der Waals surface area contributed by atoms with Gasteiger partial charge in [-0.2, -0.15) is 0 Å². The molecule has 4 aliphatic rings. The maximum absolute atomic E-state index is 11.7. The fourth-order valence-electron chi connectivity index (χ4n) is 4.84. The van der Waals surface area contributed by atoms with Crippen LogP contribution in [-0.2, 0) is 14.3 Å². The number of ether oxygens (including phenoxy) is 1. The van der Waals surface area contributed by atoms with Crippen LogP contribution in [0.5, 0.6) is 0 Å². The quantitative estimate of drug-likeness (QED) is 0.364. The van der Waals surface area contributed by atoms with Crippen molar-refractivity contribution in [3.8, 4) is 0 Å². The van der Waals surface area contributed by atoms with Crippen molar-refractivity contribution >= 4 is 11.9 Å². The predicted molar refractivity (Wildman–Crippen MR) is 59.6 cm³/mol. The van der Waals surface area contributed by atoms with E-state index in [1.54, 1.807) is 0 Å². The predicted octanol–water partition coefficient (Wildman–Crippen LogP) is 1.92. The Hall–Kier alpha value is -1.12. The topological polar surface area (TPSA) is 43.4 Å². The highest BCUT2D eigenvalue weighted by Gasteiger charge is 2.61. The van der Waals surface area contributed by atoms with Gasteiger partial charge in [-0.25, -0.2) is 0 Å². The third kappa shape index (κ3) is 1.03. The zero-order valence-corrected chi connectivity index (χ0v) is 9.89. The van der Waals surface area contributed by atoms with Crippen molar-refractivity contribution in [3.05, 3.63) is 12.2 Å². The molecule has 1 heterocycles. The molecule has 3 fully saturated rings. The highest BCUT2D eigenvalue weighted by molar-refractivity contribution is 5.96. The molecule has 0 aromatic rings. The number of hydrogen-bond donors (Lipinski definition) is 0. The van der Waals surface area contributed by atoms with E-state index in [1.165, 1.54) is 6.42 Å². The molecule has 0 amide bonds. The lowest BCUT2D eigenvalue weighted by Crippen LogP contribution is -2.42. The van der Waals surface area contributed by atoms with Crippen molar-refractivity contribution in [1.29, 1.82) is 0 Å². The minimum Gasteiger partial charge on any atom is -0.393 e. The fraction of sp³-hybridized carbons (Fsp3) is 0.714. The Balaban J connectivity index is 1.74. The standard InChI is InChI=1S/C14H16O3/c1-14-6-10-9(12(15)17-13(10)16)5-11(14)7-2-3-8(14)4-7/h2-3,7-11H,4-6H2,1H3. The van der Waals surface area contributed by atoms with E-state index in [0.717, 1.165) is 12.8 Å². The van der Waals surface area contributed by atoms with Crippen LogP contribution in [0.25, 0.3) is 0 Å². The van der Waals surface area contributed by atoms with Gasteiger partial charge in [-0.15, -0.1) is 0 Å². The van der Waals surface area contributed by atoms with E-state index in [0.29, 0.717) is 17.8 Å². The summed E-state index contributed by atoms with van der Waals surface area (Å²) in [6, 6.07) is 0.